The number of aromatic nitrogens is 2. The van der Waals surface area contributed by atoms with Crippen LogP contribution >= 0.6 is 11.6 Å². The molecule has 21 heavy (non-hydrogen) atoms. The number of benzene rings is 1. The Bertz CT molecular complexity index is 604. The van der Waals surface area contributed by atoms with Gasteiger partial charge in [0.2, 0.25) is 0 Å². The van der Waals surface area contributed by atoms with Crippen LogP contribution in [0.15, 0.2) is 28.8 Å². The molecule has 6 nitrogen and oxygen atoms in total. The fourth-order valence-electron chi connectivity index (χ4n) is 2.26. The zero-order chi connectivity index (χ0) is 14.7. The van der Waals surface area contributed by atoms with Crippen LogP contribution in [0.3, 0.4) is 0 Å². The normalized spacial score (nSPS) is 19.6. The molecule has 1 N–H and O–H groups in total. The lowest BCUT2D eigenvalue weighted by molar-refractivity contribution is 0.189. The van der Waals surface area contributed by atoms with Gasteiger partial charge in [0.1, 0.15) is 5.75 Å². The zero-order valence-electron chi connectivity index (χ0n) is 11.8. The number of halogens is 1. The van der Waals surface area contributed by atoms with Crippen molar-refractivity contribution in [3.8, 4) is 5.75 Å². The second kappa shape index (κ2) is 6.43. The van der Waals surface area contributed by atoms with Gasteiger partial charge < -0.3 is 14.6 Å². The Balaban J connectivity index is 1.62. The number of likely N-dealkylation sites (N-methyl/N-ethyl adjacent to an activating group) is 1. The van der Waals surface area contributed by atoms with Crippen molar-refractivity contribution >= 4 is 11.6 Å². The molecule has 112 valence electrons. The van der Waals surface area contributed by atoms with E-state index >= 15 is 0 Å². The molecular weight excluding hydrogens is 292 g/mol. The van der Waals surface area contributed by atoms with E-state index in [2.05, 4.69) is 27.4 Å². The number of nitrogens with zero attached hydrogens (tertiary/aromatic N) is 3. The fourth-order valence-corrected chi connectivity index (χ4v) is 2.44. The van der Waals surface area contributed by atoms with Gasteiger partial charge in [0.25, 0.3) is 5.89 Å². The van der Waals surface area contributed by atoms with Crippen molar-refractivity contribution in [3.63, 3.8) is 0 Å². The predicted octanol–water partition coefficient (Wildman–Crippen LogP) is 1.88. The van der Waals surface area contributed by atoms with Crippen LogP contribution in [0.2, 0.25) is 5.02 Å². The molecule has 0 radical (unpaired) electrons. The molecule has 0 bridgehead atoms. The van der Waals surface area contributed by atoms with E-state index < -0.39 is 0 Å². The molecule has 1 aliphatic rings. The van der Waals surface area contributed by atoms with E-state index in [9.17, 15) is 0 Å². The van der Waals surface area contributed by atoms with Gasteiger partial charge in [-0.25, -0.2) is 0 Å². The van der Waals surface area contributed by atoms with E-state index in [1.54, 1.807) is 12.1 Å². The quantitative estimate of drug-likeness (QED) is 0.930. The van der Waals surface area contributed by atoms with Crippen LogP contribution in [0.5, 0.6) is 5.75 Å². The number of nitrogens with one attached hydrogen (secondary N) is 1. The molecule has 1 aromatic heterocycles. The summed E-state index contributed by atoms with van der Waals surface area (Å²) in [6, 6.07) is 7.35. The van der Waals surface area contributed by atoms with Gasteiger partial charge in [0.15, 0.2) is 12.4 Å². The summed E-state index contributed by atoms with van der Waals surface area (Å²) in [6.45, 7) is 3.00. The lowest BCUT2D eigenvalue weighted by atomic mass is 10.2. The van der Waals surface area contributed by atoms with E-state index in [1.165, 1.54) is 0 Å². The summed E-state index contributed by atoms with van der Waals surface area (Å²) in [5.74, 6) is 1.83. The first-order valence-corrected chi connectivity index (χ1v) is 7.22. The molecule has 2 aromatic rings. The Labute approximate surface area is 128 Å². The minimum atomic E-state index is 0.141. The minimum Gasteiger partial charge on any atom is -0.484 e. The third-order valence-corrected chi connectivity index (χ3v) is 3.69. The Morgan fingerprint density at radius 3 is 3.24 bits per heavy atom. The SMILES string of the molecule is CN1CCNCC1c1noc(COc2cccc(Cl)c2)n1. The highest BCUT2D eigenvalue weighted by Crippen LogP contribution is 2.20. The summed E-state index contributed by atoms with van der Waals surface area (Å²) >= 11 is 5.90. The topological polar surface area (TPSA) is 63.4 Å². The lowest BCUT2D eigenvalue weighted by Crippen LogP contribution is -2.44. The number of piperazine rings is 1. The average Bonchev–Trinajstić information content (AvgIpc) is 2.94. The highest BCUT2D eigenvalue weighted by Gasteiger charge is 2.25. The number of rotatable bonds is 4. The maximum atomic E-state index is 5.90. The van der Waals surface area contributed by atoms with Crippen molar-refractivity contribution < 1.29 is 9.26 Å². The van der Waals surface area contributed by atoms with Gasteiger partial charge in [0.05, 0.1) is 6.04 Å². The lowest BCUT2D eigenvalue weighted by Gasteiger charge is -2.30. The van der Waals surface area contributed by atoms with Gasteiger partial charge in [0, 0.05) is 24.7 Å². The van der Waals surface area contributed by atoms with Gasteiger partial charge in [-0.3, -0.25) is 4.90 Å². The van der Waals surface area contributed by atoms with Crippen LogP contribution in [0, 0.1) is 0 Å². The highest BCUT2D eigenvalue weighted by atomic mass is 35.5. The summed E-state index contributed by atoms with van der Waals surface area (Å²) in [5, 5.41) is 8.01. The van der Waals surface area contributed by atoms with E-state index in [0.29, 0.717) is 22.5 Å². The van der Waals surface area contributed by atoms with Crippen molar-refractivity contribution in [2.45, 2.75) is 12.6 Å². The number of hydrogen-bond acceptors (Lipinski definition) is 6. The summed E-state index contributed by atoms with van der Waals surface area (Å²) in [5.41, 5.74) is 0. The van der Waals surface area contributed by atoms with E-state index in [4.69, 9.17) is 20.9 Å². The molecule has 0 spiro atoms. The molecule has 7 heteroatoms. The Morgan fingerprint density at radius 2 is 2.43 bits per heavy atom. The zero-order valence-corrected chi connectivity index (χ0v) is 12.5. The molecule has 1 fully saturated rings. The Kier molecular flexibility index (Phi) is 4.38. The largest absolute Gasteiger partial charge is 0.484 e. The van der Waals surface area contributed by atoms with Gasteiger partial charge >= 0.3 is 0 Å². The standard InChI is InChI=1S/C14H17ClN4O2/c1-19-6-5-16-8-12(19)14-17-13(21-18-14)9-20-11-4-2-3-10(15)7-11/h2-4,7,12,16H,5-6,8-9H2,1H3. The van der Waals surface area contributed by atoms with E-state index in [-0.39, 0.29) is 12.6 Å². The third kappa shape index (κ3) is 3.53. The molecular formula is C14H17ClN4O2. The summed E-state index contributed by atoms with van der Waals surface area (Å²) in [6.07, 6.45) is 0. The summed E-state index contributed by atoms with van der Waals surface area (Å²) in [7, 11) is 2.06. The highest BCUT2D eigenvalue weighted by molar-refractivity contribution is 6.30. The molecule has 1 unspecified atom stereocenters. The first-order valence-electron chi connectivity index (χ1n) is 6.84. The Morgan fingerprint density at radius 1 is 1.52 bits per heavy atom. The van der Waals surface area contributed by atoms with Gasteiger partial charge in [-0.2, -0.15) is 4.98 Å². The van der Waals surface area contributed by atoms with Crippen molar-refractivity contribution in [2.75, 3.05) is 26.7 Å². The monoisotopic (exact) mass is 308 g/mol. The van der Waals surface area contributed by atoms with Crippen molar-refractivity contribution in [1.29, 1.82) is 0 Å². The number of hydrogen-bond donors (Lipinski definition) is 1. The van der Waals surface area contributed by atoms with Crippen LogP contribution in [0.25, 0.3) is 0 Å². The minimum absolute atomic E-state index is 0.141. The van der Waals surface area contributed by atoms with Crippen molar-refractivity contribution in [1.82, 2.24) is 20.4 Å². The second-order valence-electron chi connectivity index (χ2n) is 4.99. The first kappa shape index (κ1) is 14.3. The maximum Gasteiger partial charge on any atom is 0.264 e. The molecule has 3 rings (SSSR count). The van der Waals surface area contributed by atoms with Crippen LogP contribution in [-0.2, 0) is 6.61 Å². The molecule has 0 aliphatic carbocycles. The molecule has 1 aromatic carbocycles. The summed E-state index contributed by atoms with van der Waals surface area (Å²) < 4.78 is 10.8. The molecule has 1 atom stereocenters. The number of ether oxygens (including phenoxy) is 1. The van der Waals surface area contributed by atoms with Crippen molar-refractivity contribution in [2.24, 2.45) is 0 Å². The maximum absolute atomic E-state index is 5.90. The van der Waals surface area contributed by atoms with Crippen LogP contribution in [0.1, 0.15) is 17.8 Å². The van der Waals surface area contributed by atoms with Gasteiger partial charge in [-0.1, -0.05) is 22.8 Å². The summed E-state index contributed by atoms with van der Waals surface area (Å²) in [4.78, 5) is 6.62. The van der Waals surface area contributed by atoms with E-state index in [1.807, 2.05) is 12.1 Å². The van der Waals surface area contributed by atoms with E-state index in [0.717, 1.165) is 19.6 Å². The van der Waals surface area contributed by atoms with Gasteiger partial charge in [-0.15, -0.1) is 0 Å². The van der Waals surface area contributed by atoms with Gasteiger partial charge in [-0.05, 0) is 25.2 Å². The first-order chi connectivity index (χ1) is 10.2. The predicted molar refractivity (Wildman–Crippen MR) is 78.3 cm³/mol. The Hall–Kier alpha value is -1.63. The molecule has 1 aliphatic heterocycles. The molecule has 0 amide bonds. The molecule has 2 heterocycles. The van der Waals surface area contributed by atoms with Crippen LogP contribution in [-0.4, -0.2) is 41.7 Å². The average molecular weight is 309 g/mol. The molecule has 0 saturated carbocycles. The second-order valence-corrected chi connectivity index (χ2v) is 5.43. The third-order valence-electron chi connectivity index (χ3n) is 3.45. The fraction of sp³-hybridized carbons (Fsp3) is 0.429. The van der Waals surface area contributed by atoms with Crippen LogP contribution in [0.4, 0.5) is 0 Å². The molecule has 1 saturated heterocycles. The van der Waals surface area contributed by atoms with Crippen LogP contribution < -0.4 is 10.1 Å². The smallest absolute Gasteiger partial charge is 0.264 e. The van der Waals surface area contributed by atoms with Crippen molar-refractivity contribution in [3.05, 3.63) is 41.0 Å².